The second-order valence-electron chi connectivity index (χ2n) is 7.13. The van der Waals surface area contributed by atoms with Crippen LogP contribution in [0.4, 0.5) is 14.5 Å². The maximum Gasteiger partial charge on any atom is 0.254 e. The molecule has 0 atom stereocenters. The lowest BCUT2D eigenvalue weighted by Gasteiger charge is -2.08. The number of nitrogens with one attached hydrogen (secondary N) is 2. The van der Waals surface area contributed by atoms with E-state index in [0.717, 1.165) is 32.9 Å². The van der Waals surface area contributed by atoms with Crippen molar-refractivity contribution in [1.82, 2.24) is 10.3 Å². The number of amides is 2. The average Bonchev–Trinajstić information content (AvgIpc) is 3.17. The van der Waals surface area contributed by atoms with Crippen LogP contribution in [0.15, 0.2) is 66.7 Å². The molecule has 1 aromatic heterocycles. The first kappa shape index (κ1) is 21.6. The van der Waals surface area contributed by atoms with Gasteiger partial charge in [-0.25, -0.2) is 13.8 Å². The SMILES string of the molecule is O=C(CCNC(=O)c1ccc(F)cc1F)Nc1ccc(Cc2nc3ccccc3s2)cc1. The quantitative estimate of drug-likeness (QED) is 0.419. The number of anilines is 1. The number of halogens is 2. The minimum atomic E-state index is -0.946. The predicted octanol–water partition coefficient (Wildman–Crippen LogP) is 4.92. The number of para-hydroxylation sites is 1. The fraction of sp³-hybridized carbons (Fsp3) is 0.125. The first-order chi connectivity index (χ1) is 15.5. The van der Waals surface area contributed by atoms with E-state index in [1.165, 1.54) is 0 Å². The van der Waals surface area contributed by atoms with Crippen LogP contribution < -0.4 is 10.6 Å². The molecule has 1 heterocycles. The number of carbonyl (C=O) groups excluding carboxylic acids is 2. The molecule has 3 aromatic carbocycles. The van der Waals surface area contributed by atoms with Crippen LogP contribution in [0.5, 0.6) is 0 Å². The molecule has 8 heteroatoms. The van der Waals surface area contributed by atoms with E-state index >= 15 is 0 Å². The first-order valence-electron chi connectivity index (χ1n) is 9.94. The average molecular weight is 451 g/mol. The van der Waals surface area contributed by atoms with Gasteiger partial charge in [0.2, 0.25) is 5.91 Å². The Bertz CT molecular complexity index is 1240. The van der Waals surface area contributed by atoms with Crippen molar-refractivity contribution in [3.05, 3.63) is 94.5 Å². The van der Waals surface area contributed by atoms with Crippen LogP contribution >= 0.6 is 11.3 Å². The van der Waals surface area contributed by atoms with Gasteiger partial charge in [-0.3, -0.25) is 9.59 Å². The van der Waals surface area contributed by atoms with Crippen LogP contribution in [0.2, 0.25) is 0 Å². The number of hydrogen-bond donors (Lipinski definition) is 2. The van der Waals surface area contributed by atoms with Crippen LogP contribution in [0, 0.1) is 11.6 Å². The maximum absolute atomic E-state index is 13.6. The van der Waals surface area contributed by atoms with E-state index in [2.05, 4.69) is 15.6 Å². The first-order valence-corrected chi connectivity index (χ1v) is 10.8. The zero-order chi connectivity index (χ0) is 22.5. The van der Waals surface area contributed by atoms with Gasteiger partial charge in [-0.1, -0.05) is 24.3 Å². The minimum Gasteiger partial charge on any atom is -0.351 e. The van der Waals surface area contributed by atoms with Gasteiger partial charge in [-0.05, 0) is 42.0 Å². The zero-order valence-electron chi connectivity index (χ0n) is 16.9. The molecule has 162 valence electrons. The normalized spacial score (nSPS) is 10.8. The zero-order valence-corrected chi connectivity index (χ0v) is 17.7. The van der Waals surface area contributed by atoms with E-state index in [4.69, 9.17) is 0 Å². The summed E-state index contributed by atoms with van der Waals surface area (Å²) in [5, 5.41) is 6.24. The molecule has 0 saturated carbocycles. The summed E-state index contributed by atoms with van der Waals surface area (Å²) in [5.74, 6) is -2.69. The Morgan fingerprint density at radius 3 is 2.50 bits per heavy atom. The van der Waals surface area contributed by atoms with Crippen LogP contribution in [0.3, 0.4) is 0 Å². The van der Waals surface area contributed by atoms with E-state index in [1.54, 1.807) is 11.3 Å². The summed E-state index contributed by atoms with van der Waals surface area (Å²) in [6.45, 7) is 0.0250. The minimum absolute atomic E-state index is 0.0159. The summed E-state index contributed by atoms with van der Waals surface area (Å²) in [4.78, 5) is 28.7. The Morgan fingerprint density at radius 2 is 1.75 bits per heavy atom. The molecule has 0 unspecified atom stereocenters. The molecule has 0 bridgehead atoms. The highest BCUT2D eigenvalue weighted by Crippen LogP contribution is 2.24. The molecule has 0 aliphatic carbocycles. The lowest BCUT2D eigenvalue weighted by molar-refractivity contribution is -0.116. The summed E-state index contributed by atoms with van der Waals surface area (Å²) in [7, 11) is 0. The van der Waals surface area contributed by atoms with Gasteiger partial charge in [0.15, 0.2) is 0 Å². The molecule has 2 amide bonds. The second-order valence-corrected chi connectivity index (χ2v) is 8.24. The number of carbonyl (C=O) groups is 2. The molecule has 0 radical (unpaired) electrons. The van der Waals surface area contributed by atoms with Gasteiger partial charge in [0.05, 0.1) is 20.8 Å². The molecule has 4 aromatic rings. The number of rotatable bonds is 7. The van der Waals surface area contributed by atoms with Gasteiger partial charge in [-0.15, -0.1) is 11.3 Å². The Hall–Kier alpha value is -3.65. The van der Waals surface area contributed by atoms with Crippen molar-refractivity contribution in [2.75, 3.05) is 11.9 Å². The highest BCUT2D eigenvalue weighted by Gasteiger charge is 2.13. The van der Waals surface area contributed by atoms with E-state index in [-0.39, 0.29) is 24.4 Å². The fourth-order valence-corrected chi connectivity index (χ4v) is 4.16. The molecule has 0 fully saturated rings. The number of thiazole rings is 1. The smallest absolute Gasteiger partial charge is 0.254 e. The van der Waals surface area contributed by atoms with E-state index in [9.17, 15) is 18.4 Å². The number of fused-ring (bicyclic) bond motifs is 1. The van der Waals surface area contributed by atoms with Crippen LogP contribution in [0.25, 0.3) is 10.2 Å². The van der Waals surface area contributed by atoms with Crippen molar-refractivity contribution in [3.63, 3.8) is 0 Å². The topological polar surface area (TPSA) is 71.1 Å². The van der Waals surface area contributed by atoms with Crippen LogP contribution in [0.1, 0.15) is 27.3 Å². The van der Waals surface area contributed by atoms with Gasteiger partial charge >= 0.3 is 0 Å². The Morgan fingerprint density at radius 1 is 0.969 bits per heavy atom. The van der Waals surface area contributed by atoms with Gasteiger partial charge < -0.3 is 10.6 Å². The molecular weight excluding hydrogens is 432 g/mol. The highest BCUT2D eigenvalue weighted by molar-refractivity contribution is 7.18. The molecule has 32 heavy (non-hydrogen) atoms. The molecule has 4 rings (SSSR count). The van der Waals surface area contributed by atoms with Crippen LogP contribution in [-0.2, 0) is 11.2 Å². The van der Waals surface area contributed by atoms with Gasteiger partial charge in [0.25, 0.3) is 5.91 Å². The molecule has 5 nitrogen and oxygen atoms in total. The van der Waals surface area contributed by atoms with Gasteiger partial charge in [0, 0.05) is 31.1 Å². The van der Waals surface area contributed by atoms with Gasteiger partial charge in [-0.2, -0.15) is 0 Å². The number of nitrogens with zero attached hydrogens (tertiary/aromatic N) is 1. The standard InChI is InChI=1S/C24H19F2N3O2S/c25-16-7-10-18(19(26)14-16)24(31)27-12-11-22(30)28-17-8-5-15(6-9-17)13-23-29-20-3-1-2-4-21(20)32-23/h1-10,14H,11-13H2,(H,27,31)(H,28,30). The highest BCUT2D eigenvalue weighted by atomic mass is 32.1. The monoisotopic (exact) mass is 451 g/mol. The summed E-state index contributed by atoms with van der Waals surface area (Å²) >= 11 is 1.66. The van der Waals surface area contributed by atoms with E-state index in [0.29, 0.717) is 18.2 Å². The summed E-state index contributed by atoms with van der Waals surface area (Å²) in [6, 6.07) is 18.2. The third kappa shape index (κ3) is 5.33. The lowest BCUT2D eigenvalue weighted by atomic mass is 10.1. The molecule has 0 aliphatic heterocycles. The maximum atomic E-state index is 13.6. The fourth-order valence-electron chi connectivity index (χ4n) is 3.16. The van der Waals surface area contributed by atoms with Crippen molar-refractivity contribution in [1.29, 1.82) is 0 Å². The van der Waals surface area contributed by atoms with Crippen molar-refractivity contribution < 1.29 is 18.4 Å². The summed E-state index contributed by atoms with van der Waals surface area (Å²) in [6.07, 6.45) is 0.724. The van der Waals surface area contributed by atoms with E-state index < -0.39 is 17.5 Å². The molecule has 2 N–H and O–H groups in total. The number of benzene rings is 3. The van der Waals surface area contributed by atoms with Crippen molar-refractivity contribution in [2.24, 2.45) is 0 Å². The van der Waals surface area contributed by atoms with Crippen LogP contribution in [-0.4, -0.2) is 23.3 Å². The summed E-state index contributed by atoms with van der Waals surface area (Å²) in [5.41, 5.74) is 2.44. The lowest BCUT2D eigenvalue weighted by Crippen LogP contribution is -2.28. The number of hydrogen-bond acceptors (Lipinski definition) is 4. The Labute approximate surface area is 187 Å². The van der Waals surface area contributed by atoms with Gasteiger partial charge in [0.1, 0.15) is 11.6 Å². The largest absolute Gasteiger partial charge is 0.351 e. The molecule has 0 aliphatic rings. The third-order valence-electron chi connectivity index (χ3n) is 4.74. The Kier molecular flexibility index (Phi) is 6.51. The number of aromatic nitrogens is 1. The Balaban J connectivity index is 1.25. The van der Waals surface area contributed by atoms with E-state index in [1.807, 2.05) is 48.5 Å². The molecule has 0 spiro atoms. The molecular formula is C24H19F2N3O2S. The van der Waals surface area contributed by atoms with Crippen molar-refractivity contribution >= 4 is 39.1 Å². The molecule has 0 saturated heterocycles. The predicted molar refractivity (Wildman–Crippen MR) is 121 cm³/mol. The third-order valence-corrected chi connectivity index (χ3v) is 5.78. The second kappa shape index (κ2) is 9.65. The summed E-state index contributed by atoms with van der Waals surface area (Å²) < 4.78 is 27.7. The van der Waals surface area contributed by atoms with Crippen molar-refractivity contribution in [3.8, 4) is 0 Å². The van der Waals surface area contributed by atoms with Crippen molar-refractivity contribution in [2.45, 2.75) is 12.8 Å².